The van der Waals surface area contributed by atoms with Gasteiger partial charge in [-0.2, -0.15) is 0 Å². The molecule has 90 valence electrons. The zero-order chi connectivity index (χ0) is 11.6. The zero-order valence-electron chi connectivity index (χ0n) is 10.0. The molecule has 1 heterocycles. The Bertz CT molecular complexity index is 339. The Balaban J connectivity index is 2.20. The Morgan fingerprint density at radius 1 is 1.38 bits per heavy atom. The van der Waals surface area contributed by atoms with Crippen LogP contribution in [0.2, 0.25) is 0 Å². The first-order chi connectivity index (χ1) is 7.68. The van der Waals surface area contributed by atoms with Crippen molar-refractivity contribution in [3.63, 3.8) is 0 Å². The lowest BCUT2D eigenvalue weighted by Crippen LogP contribution is -2.40. The summed E-state index contributed by atoms with van der Waals surface area (Å²) in [5.74, 6) is 0. The Kier molecular flexibility index (Phi) is 3.67. The van der Waals surface area contributed by atoms with Crippen LogP contribution in [-0.4, -0.2) is 17.8 Å². The molecule has 1 atom stereocenters. The molecule has 0 aliphatic heterocycles. The van der Waals surface area contributed by atoms with E-state index in [4.69, 9.17) is 4.74 Å². The van der Waals surface area contributed by atoms with Crippen LogP contribution in [0.5, 0.6) is 0 Å². The fourth-order valence-electron chi connectivity index (χ4n) is 2.65. The van der Waals surface area contributed by atoms with Crippen molar-refractivity contribution in [2.24, 2.45) is 0 Å². The summed E-state index contributed by atoms with van der Waals surface area (Å²) in [4.78, 5) is 1.25. The maximum Gasteiger partial charge on any atom is 0.109 e. The van der Waals surface area contributed by atoms with Gasteiger partial charge in [-0.05, 0) is 36.8 Å². The first kappa shape index (κ1) is 12.1. The quantitative estimate of drug-likeness (QED) is 0.877. The van der Waals surface area contributed by atoms with E-state index in [0.29, 0.717) is 0 Å². The average molecular weight is 240 g/mol. The molecule has 2 nitrogen and oxygen atoms in total. The lowest BCUT2D eigenvalue weighted by atomic mass is 9.78. The summed E-state index contributed by atoms with van der Waals surface area (Å²) in [7, 11) is 1.73. The molecule has 1 aliphatic carbocycles. The summed E-state index contributed by atoms with van der Waals surface area (Å²) in [6, 6.07) is 2.07. The van der Waals surface area contributed by atoms with Gasteiger partial charge in [-0.1, -0.05) is 19.3 Å². The van der Waals surface area contributed by atoms with E-state index in [9.17, 15) is 5.11 Å². The van der Waals surface area contributed by atoms with Crippen LogP contribution in [0.25, 0.3) is 0 Å². The van der Waals surface area contributed by atoms with Crippen LogP contribution in [0.3, 0.4) is 0 Å². The first-order valence-electron chi connectivity index (χ1n) is 5.96. The SMILES string of the molecule is COC1(C(O)c2csc(C)c2)CCCCC1. The predicted molar refractivity (Wildman–Crippen MR) is 66.8 cm³/mol. The molecule has 1 saturated carbocycles. The van der Waals surface area contributed by atoms with Crippen molar-refractivity contribution in [2.75, 3.05) is 7.11 Å². The van der Waals surface area contributed by atoms with Crippen molar-refractivity contribution >= 4 is 11.3 Å². The van der Waals surface area contributed by atoms with Crippen LogP contribution >= 0.6 is 11.3 Å². The molecule has 3 heteroatoms. The topological polar surface area (TPSA) is 29.5 Å². The van der Waals surface area contributed by atoms with Crippen molar-refractivity contribution in [1.29, 1.82) is 0 Å². The fraction of sp³-hybridized carbons (Fsp3) is 0.692. The van der Waals surface area contributed by atoms with Gasteiger partial charge in [-0.25, -0.2) is 0 Å². The minimum atomic E-state index is -0.470. The van der Waals surface area contributed by atoms with Crippen LogP contribution in [0.4, 0.5) is 0 Å². The molecule has 1 aromatic rings. The third-order valence-electron chi connectivity index (χ3n) is 3.67. The average Bonchev–Trinajstić information content (AvgIpc) is 2.76. The van der Waals surface area contributed by atoms with Crippen molar-refractivity contribution in [1.82, 2.24) is 0 Å². The van der Waals surface area contributed by atoms with Gasteiger partial charge in [-0.3, -0.25) is 0 Å². The number of ether oxygens (including phenoxy) is 1. The third-order valence-corrected chi connectivity index (χ3v) is 4.55. The van der Waals surface area contributed by atoms with Crippen molar-refractivity contribution in [2.45, 2.75) is 50.7 Å². The second-order valence-corrected chi connectivity index (χ2v) is 5.84. The standard InChI is InChI=1S/C13H20O2S/c1-10-8-11(9-16-10)12(14)13(15-2)6-4-3-5-7-13/h8-9,12,14H,3-7H2,1-2H3. The predicted octanol–water partition coefficient (Wildman–Crippen LogP) is 3.44. The first-order valence-corrected chi connectivity index (χ1v) is 6.84. The lowest BCUT2D eigenvalue weighted by molar-refractivity contribution is -0.125. The van der Waals surface area contributed by atoms with E-state index in [-0.39, 0.29) is 5.60 Å². The molecular weight excluding hydrogens is 220 g/mol. The van der Waals surface area contributed by atoms with E-state index in [1.54, 1.807) is 18.4 Å². The number of methoxy groups -OCH3 is 1. The van der Waals surface area contributed by atoms with Crippen molar-refractivity contribution in [3.05, 3.63) is 21.9 Å². The molecule has 1 aliphatic rings. The van der Waals surface area contributed by atoms with E-state index >= 15 is 0 Å². The highest BCUT2D eigenvalue weighted by Gasteiger charge is 2.40. The summed E-state index contributed by atoms with van der Waals surface area (Å²) >= 11 is 1.69. The van der Waals surface area contributed by atoms with E-state index in [0.717, 1.165) is 31.2 Å². The van der Waals surface area contributed by atoms with E-state index in [1.165, 1.54) is 11.3 Å². The number of aryl methyl sites for hydroxylation is 1. The number of hydrogen-bond donors (Lipinski definition) is 1. The lowest BCUT2D eigenvalue weighted by Gasteiger charge is -2.39. The molecule has 1 aromatic heterocycles. The minimum Gasteiger partial charge on any atom is -0.385 e. The maximum atomic E-state index is 10.5. The summed E-state index contributed by atoms with van der Waals surface area (Å²) in [6.07, 6.45) is 5.06. The molecule has 0 saturated heterocycles. The third kappa shape index (κ3) is 2.17. The minimum absolute atomic E-state index is 0.342. The van der Waals surface area contributed by atoms with Crippen molar-refractivity contribution < 1.29 is 9.84 Å². The van der Waals surface area contributed by atoms with Gasteiger partial charge in [0.1, 0.15) is 6.10 Å². The monoisotopic (exact) mass is 240 g/mol. The fourth-order valence-corrected chi connectivity index (χ4v) is 3.37. The molecule has 16 heavy (non-hydrogen) atoms. The summed E-state index contributed by atoms with van der Waals surface area (Å²) in [6.45, 7) is 2.07. The van der Waals surface area contributed by atoms with Gasteiger partial charge < -0.3 is 9.84 Å². The normalized spacial score (nSPS) is 21.9. The Labute approximate surface area is 101 Å². The largest absolute Gasteiger partial charge is 0.385 e. The highest BCUT2D eigenvalue weighted by molar-refractivity contribution is 7.10. The Hall–Kier alpha value is -0.380. The van der Waals surface area contributed by atoms with E-state index in [2.05, 4.69) is 18.4 Å². The summed E-state index contributed by atoms with van der Waals surface area (Å²) in [5.41, 5.74) is 0.678. The molecule has 1 N–H and O–H groups in total. The summed E-state index contributed by atoms with van der Waals surface area (Å²) < 4.78 is 5.66. The highest BCUT2D eigenvalue weighted by atomic mass is 32.1. The highest BCUT2D eigenvalue weighted by Crippen LogP contribution is 2.41. The summed E-state index contributed by atoms with van der Waals surface area (Å²) in [5, 5.41) is 12.5. The zero-order valence-corrected chi connectivity index (χ0v) is 10.8. The molecule has 2 rings (SSSR count). The number of thiophene rings is 1. The van der Waals surface area contributed by atoms with Gasteiger partial charge >= 0.3 is 0 Å². The number of hydrogen-bond acceptors (Lipinski definition) is 3. The molecule has 0 aromatic carbocycles. The number of aliphatic hydroxyl groups is 1. The van der Waals surface area contributed by atoms with Crippen LogP contribution in [0.1, 0.15) is 48.6 Å². The second kappa shape index (κ2) is 4.86. The van der Waals surface area contributed by atoms with Gasteiger partial charge in [-0.15, -0.1) is 11.3 Å². The van der Waals surface area contributed by atoms with Gasteiger partial charge in [0.15, 0.2) is 0 Å². The molecule has 1 fully saturated rings. The van der Waals surface area contributed by atoms with E-state index < -0.39 is 6.10 Å². The van der Waals surface area contributed by atoms with Crippen molar-refractivity contribution in [3.8, 4) is 0 Å². The van der Waals surface area contributed by atoms with Gasteiger partial charge in [0.25, 0.3) is 0 Å². The van der Waals surface area contributed by atoms with Crippen LogP contribution in [0, 0.1) is 6.92 Å². The number of rotatable bonds is 3. The second-order valence-electron chi connectivity index (χ2n) is 4.72. The van der Waals surface area contributed by atoms with Crippen LogP contribution in [0.15, 0.2) is 11.4 Å². The molecule has 0 bridgehead atoms. The Morgan fingerprint density at radius 3 is 2.56 bits per heavy atom. The molecule has 0 amide bonds. The molecule has 0 spiro atoms. The smallest absolute Gasteiger partial charge is 0.109 e. The molecule has 0 radical (unpaired) electrons. The molecule has 1 unspecified atom stereocenters. The molecular formula is C13H20O2S. The maximum absolute atomic E-state index is 10.5. The van der Waals surface area contributed by atoms with Crippen LogP contribution in [-0.2, 0) is 4.74 Å². The Morgan fingerprint density at radius 2 is 2.06 bits per heavy atom. The van der Waals surface area contributed by atoms with Gasteiger partial charge in [0.2, 0.25) is 0 Å². The van der Waals surface area contributed by atoms with E-state index in [1.807, 2.05) is 0 Å². The van der Waals surface area contributed by atoms with Crippen LogP contribution < -0.4 is 0 Å². The van der Waals surface area contributed by atoms with Gasteiger partial charge in [0, 0.05) is 12.0 Å². The number of aliphatic hydroxyl groups excluding tert-OH is 1. The van der Waals surface area contributed by atoms with Gasteiger partial charge in [0.05, 0.1) is 5.60 Å².